The van der Waals surface area contributed by atoms with Gasteiger partial charge in [0.2, 0.25) is 0 Å². The van der Waals surface area contributed by atoms with Crippen molar-refractivity contribution in [2.75, 3.05) is 11.5 Å². The number of ether oxygens (including phenoxy) is 2. The van der Waals surface area contributed by atoms with Gasteiger partial charge in [-0.3, -0.25) is 0 Å². The Kier molecular flexibility index (Phi) is 10.5. The van der Waals surface area contributed by atoms with Crippen LogP contribution in [0.5, 0.6) is 17.2 Å². The van der Waals surface area contributed by atoms with Crippen molar-refractivity contribution in [1.29, 1.82) is 5.26 Å². The summed E-state index contributed by atoms with van der Waals surface area (Å²) in [5.41, 5.74) is 3.75. The minimum Gasteiger partial charge on any atom is -0.494 e. The number of anilines is 3. The monoisotopic (exact) mass is 670 g/mol. The largest absolute Gasteiger partial charge is 0.494 e. The van der Waals surface area contributed by atoms with Gasteiger partial charge in [0.25, 0.3) is 0 Å². The number of fused-ring (bicyclic) bond motifs is 2. The van der Waals surface area contributed by atoms with E-state index in [0.29, 0.717) is 0 Å². The number of para-hydroxylation sites is 2. The lowest BCUT2D eigenvalue weighted by molar-refractivity contribution is -0.132. The number of carboxylic acid groups (broad SMARTS) is 1. The Labute approximate surface area is 288 Å². The lowest BCUT2D eigenvalue weighted by Crippen LogP contribution is -2.15. The van der Waals surface area contributed by atoms with Crippen LogP contribution < -0.4 is 14.4 Å². The quantitative estimate of drug-likeness (QED) is 0.0748. The molecule has 0 saturated carbocycles. The van der Waals surface area contributed by atoms with Gasteiger partial charge in [-0.2, -0.15) is 5.26 Å². The van der Waals surface area contributed by atoms with Gasteiger partial charge in [0.1, 0.15) is 17.4 Å². The summed E-state index contributed by atoms with van der Waals surface area (Å²) in [7, 11) is 0. The maximum atomic E-state index is 11.1. The third-order valence-corrected chi connectivity index (χ3v) is 9.71. The van der Waals surface area contributed by atoms with E-state index in [-0.39, 0.29) is 5.57 Å². The first-order valence-corrected chi connectivity index (χ1v) is 17.5. The van der Waals surface area contributed by atoms with Crippen molar-refractivity contribution in [3.8, 4) is 23.3 Å². The second-order valence-corrected chi connectivity index (χ2v) is 13.5. The molecule has 240 valence electrons. The number of hydrogen-bond donors (Lipinski definition) is 1. The molecule has 0 atom stereocenters. The van der Waals surface area contributed by atoms with Crippen molar-refractivity contribution < 1.29 is 19.4 Å². The van der Waals surface area contributed by atoms with Crippen LogP contribution in [0.4, 0.5) is 17.1 Å². The van der Waals surface area contributed by atoms with Crippen molar-refractivity contribution in [3.05, 3.63) is 122 Å². The van der Waals surface area contributed by atoms with Crippen LogP contribution in [0.1, 0.15) is 57.7 Å². The van der Waals surface area contributed by atoms with Gasteiger partial charge >= 0.3 is 5.97 Å². The van der Waals surface area contributed by atoms with Crippen LogP contribution in [0, 0.1) is 11.3 Å². The summed E-state index contributed by atoms with van der Waals surface area (Å²) in [6.07, 6.45) is 14.3. The predicted octanol–water partition coefficient (Wildman–Crippen LogP) is 11.7. The number of nitrogens with zero attached hydrogens (tertiary/aromatic N) is 2. The summed E-state index contributed by atoms with van der Waals surface area (Å²) in [6.45, 7) is 2.95. The maximum absolute atomic E-state index is 11.1. The second kappa shape index (κ2) is 15.5. The number of nitriles is 1. The van der Waals surface area contributed by atoms with Crippen molar-refractivity contribution in [2.45, 2.75) is 32.6 Å². The van der Waals surface area contributed by atoms with Crippen LogP contribution in [0.25, 0.3) is 30.4 Å². The molecule has 1 N–H and O–H groups in total. The highest BCUT2D eigenvalue weighted by atomic mass is 32.1. The molecular formula is C40H34N2O4S2. The van der Waals surface area contributed by atoms with Crippen LogP contribution in [-0.4, -0.2) is 17.7 Å². The Hall–Kier alpha value is -5.36. The van der Waals surface area contributed by atoms with Crippen molar-refractivity contribution in [2.24, 2.45) is 0 Å². The molecule has 0 saturated heterocycles. The third-order valence-electron chi connectivity index (χ3n) is 7.70. The lowest BCUT2D eigenvalue weighted by Gasteiger charge is -2.33. The van der Waals surface area contributed by atoms with Gasteiger partial charge in [-0.1, -0.05) is 50.5 Å². The Bertz CT molecular complexity index is 2030. The first-order chi connectivity index (χ1) is 23.5. The van der Waals surface area contributed by atoms with Crippen LogP contribution in [0.2, 0.25) is 0 Å². The number of carbonyl (C=O) groups is 1. The van der Waals surface area contributed by atoms with Crippen molar-refractivity contribution >= 4 is 76.1 Å². The van der Waals surface area contributed by atoms with Gasteiger partial charge in [0, 0.05) is 25.2 Å². The molecule has 3 heterocycles. The maximum Gasteiger partial charge on any atom is 0.346 e. The van der Waals surface area contributed by atoms with Crippen LogP contribution in [0.15, 0.2) is 96.6 Å². The zero-order valence-corrected chi connectivity index (χ0v) is 28.1. The highest BCUT2D eigenvalue weighted by Gasteiger charge is 2.25. The van der Waals surface area contributed by atoms with Crippen molar-refractivity contribution in [3.63, 3.8) is 0 Å². The van der Waals surface area contributed by atoms with Gasteiger partial charge < -0.3 is 19.5 Å². The van der Waals surface area contributed by atoms with E-state index in [1.807, 2.05) is 54.6 Å². The number of rotatable bonds is 13. The number of thiophene rings is 2. The molecule has 1 aliphatic rings. The minimum absolute atomic E-state index is 0.279. The minimum atomic E-state index is -1.22. The topological polar surface area (TPSA) is 82.8 Å². The number of hydrogen-bond acceptors (Lipinski definition) is 7. The summed E-state index contributed by atoms with van der Waals surface area (Å²) in [5, 5.41) is 18.1. The van der Waals surface area contributed by atoms with E-state index in [0.717, 1.165) is 72.4 Å². The summed E-state index contributed by atoms with van der Waals surface area (Å²) in [5.74, 6) is 1.25. The molecule has 1 aliphatic heterocycles. The summed E-state index contributed by atoms with van der Waals surface area (Å²) >= 11 is 3.10. The molecule has 6 nitrogen and oxygen atoms in total. The van der Waals surface area contributed by atoms with Crippen LogP contribution >= 0.6 is 22.7 Å². The molecule has 5 aromatic rings. The molecule has 2 aromatic heterocycles. The Balaban J connectivity index is 1.15. The first-order valence-electron chi connectivity index (χ1n) is 15.9. The molecule has 0 fully saturated rings. The Morgan fingerprint density at radius 3 is 2.19 bits per heavy atom. The standard InChI is InChI=1S/C40H34N2O4S2/c1-2-3-4-7-24-45-31-14-12-30(13-15-31)42-36-8-5-6-9-38(36)46-39-25-28(11-23-37(39)42)10-16-32-17-18-33(47-32)19-20-34-21-22-35(48-34)26-29(27-41)40(43)44/h5-6,8-23,25-26H,2-4,7,24H2,1H3,(H,43,44)/b16-10+,20-19+,29-26+. The van der Waals surface area contributed by atoms with Crippen LogP contribution in [-0.2, 0) is 4.79 Å². The summed E-state index contributed by atoms with van der Waals surface area (Å²) in [6, 6.07) is 32.2. The average Bonchev–Trinajstić information content (AvgIpc) is 3.77. The lowest BCUT2D eigenvalue weighted by atomic mass is 10.1. The average molecular weight is 671 g/mol. The van der Waals surface area contributed by atoms with Crippen molar-refractivity contribution in [1.82, 2.24) is 0 Å². The molecule has 0 aliphatic carbocycles. The fourth-order valence-electron chi connectivity index (χ4n) is 5.28. The van der Waals surface area contributed by atoms with E-state index < -0.39 is 5.97 Å². The van der Waals surface area contributed by atoms with Crippen LogP contribution in [0.3, 0.4) is 0 Å². The molecule has 0 bridgehead atoms. The van der Waals surface area contributed by atoms with Gasteiger partial charge in [0.05, 0.1) is 18.0 Å². The molecule has 0 spiro atoms. The molecular weight excluding hydrogens is 637 g/mol. The normalized spacial score (nSPS) is 12.5. The van der Waals surface area contributed by atoms with Gasteiger partial charge in [-0.15, -0.1) is 22.7 Å². The Morgan fingerprint density at radius 2 is 1.48 bits per heavy atom. The van der Waals surface area contributed by atoms with E-state index >= 15 is 0 Å². The fourth-order valence-corrected chi connectivity index (χ4v) is 6.95. The predicted molar refractivity (Wildman–Crippen MR) is 199 cm³/mol. The van der Waals surface area contributed by atoms with E-state index in [2.05, 4.69) is 72.5 Å². The van der Waals surface area contributed by atoms with E-state index in [1.165, 1.54) is 36.7 Å². The molecule has 8 heteroatoms. The van der Waals surface area contributed by atoms with E-state index in [4.69, 9.17) is 19.8 Å². The number of benzene rings is 3. The zero-order valence-electron chi connectivity index (χ0n) is 26.5. The van der Waals surface area contributed by atoms with Gasteiger partial charge in [0.15, 0.2) is 11.5 Å². The molecule has 0 amide bonds. The molecule has 6 rings (SSSR count). The number of aliphatic carboxylic acids is 1. The highest BCUT2D eigenvalue weighted by molar-refractivity contribution is 7.14. The molecule has 0 unspecified atom stereocenters. The van der Waals surface area contributed by atoms with E-state index in [1.54, 1.807) is 17.4 Å². The number of unbranched alkanes of at least 4 members (excludes halogenated alkanes) is 3. The molecule has 0 radical (unpaired) electrons. The van der Waals surface area contributed by atoms with Gasteiger partial charge in [-0.05, 0) is 109 Å². The fraction of sp³-hybridized carbons (Fsp3) is 0.150. The highest BCUT2D eigenvalue weighted by Crippen LogP contribution is 2.50. The molecule has 3 aromatic carbocycles. The SMILES string of the molecule is CCCCCCOc1ccc(N2c3ccccc3Oc3cc(/C=C/c4ccc(/C=C/c5ccc(/C=C(\C#N)C(=O)O)s5)s4)ccc32)cc1. The summed E-state index contributed by atoms with van der Waals surface area (Å²) in [4.78, 5) is 17.2. The zero-order chi connectivity index (χ0) is 33.3. The number of carboxylic acids is 1. The molecule has 48 heavy (non-hydrogen) atoms. The van der Waals surface area contributed by atoms with Gasteiger partial charge in [-0.25, -0.2) is 4.79 Å². The second-order valence-electron chi connectivity index (χ2n) is 11.2. The Morgan fingerprint density at radius 1 is 0.812 bits per heavy atom. The third kappa shape index (κ3) is 7.95. The van der Waals surface area contributed by atoms with E-state index in [9.17, 15) is 4.79 Å². The smallest absolute Gasteiger partial charge is 0.346 e. The first kappa shape index (κ1) is 32.6. The summed E-state index contributed by atoms with van der Waals surface area (Å²) < 4.78 is 12.4.